The van der Waals surface area contributed by atoms with E-state index in [0.717, 1.165) is 0 Å². The van der Waals surface area contributed by atoms with Crippen molar-refractivity contribution in [2.45, 2.75) is 6.10 Å². The number of furan rings is 2. The molecule has 2 aromatic heterocycles. The molecule has 0 radical (unpaired) electrons. The zero-order chi connectivity index (χ0) is 10.8. The van der Waals surface area contributed by atoms with E-state index >= 15 is 0 Å². The van der Waals surface area contributed by atoms with Gasteiger partial charge in [0.1, 0.15) is 11.5 Å². The molecule has 2 rings (SSSR count). The number of carboxylic acid groups (broad SMARTS) is 1. The molecular formula is C10H8O5. The largest absolute Gasteiger partial charge is 0.475 e. The van der Waals surface area contributed by atoms with Crippen LogP contribution in [-0.2, 0) is 0 Å². The van der Waals surface area contributed by atoms with Crippen LogP contribution in [0.2, 0.25) is 0 Å². The Labute approximate surface area is 84.6 Å². The maximum Gasteiger partial charge on any atom is 0.371 e. The van der Waals surface area contributed by atoms with E-state index in [9.17, 15) is 9.90 Å². The van der Waals surface area contributed by atoms with Crippen LogP contribution in [0.15, 0.2) is 39.4 Å². The summed E-state index contributed by atoms with van der Waals surface area (Å²) in [7, 11) is 0. The fourth-order valence-corrected chi connectivity index (χ4v) is 1.20. The van der Waals surface area contributed by atoms with E-state index in [1.165, 1.54) is 18.4 Å². The molecule has 15 heavy (non-hydrogen) atoms. The topological polar surface area (TPSA) is 83.8 Å². The summed E-state index contributed by atoms with van der Waals surface area (Å²) in [6.45, 7) is 0. The van der Waals surface area contributed by atoms with Gasteiger partial charge in [0.15, 0.2) is 6.10 Å². The lowest BCUT2D eigenvalue weighted by molar-refractivity contribution is 0.0653. The highest BCUT2D eigenvalue weighted by Gasteiger charge is 2.19. The Morgan fingerprint density at radius 1 is 1.27 bits per heavy atom. The molecule has 1 unspecified atom stereocenters. The SMILES string of the molecule is O=C(O)c1ccc(C(O)c2ccco2)o1. The number of rotatable bonds is 3. The smallest absolute Gasteiger partial charge is 0.371 e. The van der Waals surface area contributed by atoms with Crippen molar-refractivity contribution in [3.8, 4) is 0 Å². The normalized spacial score (nSPS) is 12.6. The lowest BCUT2D eigenvalue weighted by Gasteiger charge is -2.02. The standard InChI is InChI=1S/C10H8O5/c11-9(6-2-1-5-14-6)7-3-4-8(15-7)10(12)13/h1-5,9,11H,(H,12,13). The number of carbonyl (C=O) groups is 1. The van der Waals surface area contributed by atoms with Gasteiger partial charge in [-0.05, 0) is 24.3 Å². The number of aromatic carboxylic acids is 1. The van der Waals surface area contributed by atoms with Crippen molar-refractivity contribution in [1.29, 1.82) is 0 Å². The minimum atomic E-state index is -1.17. The molecule has 5 nitrogen and oxygen atoms in total. The maximum absolute atomic E-state index is 10.5. The predicted molar refractivity (Wildman–Crippen MR) is 48.4 cm³/mol. The average molecular weight is 208 g/mol. The first-order chi connectivity index (χ1) is 7.18. The Balaban J connectivity index is 2.26. The molecule has 0 aliphatic heterocycles. The van der Waals surface area contributed by atoms with E-state index in [2.05, 4.69) is 0 Å². The summed E-state index contributed by atoms with van der Waals surface area (Å²) in [6, 6.07) is 5.88. The molecule has 0 aliphatic carbocycles. The molecular weight excluding hydrogens is 200 g/mol. The van der Waals surface area contributed by atoms with Crippen LogP contribution in [0.25, 0.3) is 0 Å². The molecule has 2 heterocycles. The molecule has 2 N–H and O–H groups in total. The third-order valence-corrected chi connectivity index (χ3v) is 1.92. The van der Waals surface area contributed by atoms with Gasteiger partial charge < -0.3 is 19.0 Å². The fourth-order valence-electron chi connectivity index (χ4n) is 1.20. The second-order valence-corrected chi connectivity index (χ2v) is 2.93. The second kappa shape index (κ2) is 3.62. The third-order valence-electron chi connectivity index (χ3n) is 1.92. The number of carboxylic acids is 1. The Hall–Kier alpha value is -2.01. The lowest BCUT2D eigenvalue weighted by Crippen LogP contribution is -1.96. The summed E-state index contributed by atoms with van der Waals surface area (Å²) in [4.78, 5) is 10.5. The molecule has 0 aliphatic rings. The van der Waals surface area contributed by atoms with Crippen molar-refractivity contribution in [2.24, 2.45) is 0 Å². The van der Waals surface area contributed by atoms with Crippen molar-refractivity contribution in [3.63, 3.8) is 0 Å². The molecule has 1 atom stereocenters. The Kier molecular flexibility index (Phi) is 2.31. The molecule has 0 amide bonds. The maximum atomic E-state index is 10.5. The third kappa shape index (κ3) is 1.77. The summed E-state index contributed by atoms with van der Waals surface area (Å²) in [5.74, 6) is -0.938. The van der Waals surface area contributed by atoms with Crippen molar-refractivity contribution in [2.75, 3.05) is 0 Å². The average Bonchev–Trinajstić information content (AvgIpc) is 2.88. The van der Waals surface area contributed by atoms with Crippen LogP contribution in [-0.4, -0.2) is 16.2 Å². The Morgan fingerprint density at radius 2 is 2.07 bits per heavy atom. The first-order valence-electron chi connectivity index (χ1n) is 4.23. The number of hydrogen-bond donors (Lipinski definition) is 2. The monoisotopic (exact) mass is 208 g/mol. The summed E-state index contributed by atoms with van der Waals surface area (Å²) in [5.41, 5.74) is 0. The number of aliphatic hydroxyl groups excluding tert-OH is 1. The molecule has 0 fully saturated rings. The van der Waals surface area contributed by atoms with E-state index < -0.39 is 12.1 Å². The van der Waals surface area contributed by atoms with Gasteiger partial charge in [-0.25, -0.2) is 4.79 Å². The van der Waals surface area contributed by atoms with Crippen molar-refractivity contribution in [3.05, 3.63) is 47.8 Å². The van der Waals surface area contributed by atoms with Crippen LogP contribution in [0.5, 0.6) is 0 Å². The highest BCUT2D eigenvalue weighted by atomic mass is 16.4. The van der Waals surface area contributed by atoms with Crippen LogP contribution < -0.4 is 0 Å². The van der Waals surface area contributed by atoms with Crippen molar-refractivity contribution < 1.29 is 23.8 Å². The Morgan fingerprint density at radius 3 is 2.60 bits per heavy atom. The first kappa shape index (κ1) is 9.54. The fraction of sp³-hybridized carbons (Fsp3) is 0.100. The van der Waals surface area contributed by atoms with Crippen molar-refractivity contribution >= 4 is 5.97 Å². The highest BCUT2D eigenvalue weighted by molar-refractivity contribution is 5.84. The molecule has 2 aromatic rings. The van der Waals surface area contributed by atoms with Crippen LogP contribution in [0.4, 0.5) is 0 Å². The van der Waals surface area contributed by atoms with Crippen LogP contribution in [0.1, 0.15) is 28.2 Å². The Bertz CT molecular complexity index is 454. The van der Waals surface area contributed by atoms with E-state index in [1.807, 2.05) is 0 Å². The zero-order valence-corrected chi connectivity index (χ0v) is 7.58. The summed E-state index contributed by atoms with van der Waals surface area (Å²) in [6.07, 6.45) is 0.340. The minimum absolute atomic E-state index is 0.141. The first-order valence-corrected chi connectivity index (χ1v) is 4.23. The highest BCUT2D eigenvalue weighted by Crippen LogP contribution is 2.23. The van der Waals surface area contributed by atoms with E-state index in [0.29, 0.717) is 5.76 Å². The van der Waals surface area contributed by atoms with Gasteiger partial charge in [0.05, 0.1) is 6.26 Å². The van der Waals surface area contributed by atoms with Crippen LogP contribution in [0.3, 0.4) is 0 Å². The molecule has 0 bridgehead atoms. The summed E-state index contributed by atoms with van der Waals surface area (Å²) < 4.78 is 9.88. The summed E-state index contributed by atoms with van der Waals surface area (Å²) in [5, 5.41) is 18.3. The van der Waals surface area contributed by atoms with Gasteiger partial charge in [-0.15, -0.1) is 0 Å². The zero-order valence-electron chi connectivity index (χ0n) is 7.58. The van der Waals surface area contributed by atoms with E-state index in [-0.39, 0.29) is 11.5 Å². The van der Waals surface area contributed by atoms with Gasteiger partial charge in [0.25, 0.3) is 0 Å². The van der Waals surface area contributed by atoms with Gasteiger partial charge >= 0.3 is 5.97 Å². The van der Waals surface area contributed by atoms with Crippen molar-refractivity contribution in [1.82, 2.24) is 0 Å². The summed E-state index contributed by atoms with van der Waals surface area (Å²) >= 11 is 0. The quantitative estimate of drug-likeness (QED) is 0.801. The molecule has 0 saturated heterocycles. The van der Waals surface area contributed by atoms with Gasteiger partial charge in [-0.2, -0.15) is 0 Å². The van der Waals surface area contributed by atoms with Gasteiger partial charge in [0, 0.05) is 0 Å². The van der Waals surface area contributed by atoms with Crippen LogP contribution >= 0.6 is 0 Å². The second-order valence-electron chi connectivity index (χ2n) is 2.93. The molecule has 78 valence electrons. The molecule has 5 heteroatoms. The number of hydrogen-bond acceptors (Lipinski definition) is 4. The van der Waals surface area contributed by atoms with E-state index in [1.54, 1.807) is 12.1 Å². The number of aliphatic hydroxyl groups is 1. The lowest BCUT2D eigenvalue weighted by atomic mass is 10.2. The predicted octanol–water partition coefficient (Wildman–Crippen LogP) is 1.65. The minimum Gasteiger partial charge on any atom is -0.475 e. The van der Waals surface area contributed by atoms with Gasteiger partial charge in [-0.1, -0.05) is 0 Å². The molecule has 0 saturated carbocycles. The molecule has 0 spiro atoms. The molecule has 0 aromatic carbocycles. The van der Waals surface area contributed by atoms with Crippen LogP contribution in [0, 0.1) is 0 Å². The van der Waals surface area contributed by atoms with Gasteiger partial charge in [0.2, 0.25) is 5.76 Å². The van der Waals surface area contributed by atoms with Gasteiger partial charge in [-0.3, -0.25) is 0 Å². The van der Waals surface area contributed by atoms with E-state index in [4.69, 9.17) is 13.9 Å².